The van der Waals surface area contributed by atoms with Crippen LogP contribution in [0.15, 0.2) is 29.2 Å². The Balaban J connectivity index is 2.66. The lowest BCUT2D eigenvalue weighted by atomic mass is 9.93. The van der Waals surface area contributed by atoms with Gasteiger partial charge in [0.25, 0.3) is 0 Å². The van der Waals surface area contributed by atoms with Gasteiger partial charge in [0.05, 0.1) is 4.90 Å². The number of terminal acetylenes is 1. The number of aryl methyl sites for hydroxylation is 1. The van der Waals surface area contributed by atoms with Crippen LogP contribution in [-0.4, -0.2) is 26.9 Å². The molecule has 0 saturated carbocycles. The summed E-state index contributed by atoms with van der Waals surface area (Å²) in [7, 11) is -2.06. The molecule has 0 bridgehead atoms. The fraction of sp³-hybridized carbons (Fsp3) is 0.471. The summed E-state index contributed by atoms with van der Waals surface area (Å²) < 4.78 is 25.5. The summed E-state index contributed by atoms with van der Waals surface area (Å²) in [5.41, 5.74) is 0.316. The summed E-state index contributed by atoms with van der Waals surface area (Å²) in [4.78, 5) is 12.3. The van der Waals surface area contributed by atoms with Crippen LogP contribution in [0.1, 0.15) is 38.7 Å². The van der Waals surface area contributed by atoms with Gasteiger partial charge in [-0.05, 0) is 44.0 Å². The third kappa shape index (κ3) is 5.08. The van der Waals surface area contributed by atoms with Crippen LogP contribution in [0.2, 0.25) is 0 Å². The molecule has 0 unspecified atom stereocenters. The second-order valence-corrected chi connectivity index (χ2v) is 7.22. The van der Waals surface area contributed by atoms with Crippen molar-refractivity contribution in [2.45, 2.75) is 50.0 Å². The van der Waals surface area contributed by atoms with Crippen LogP contribution >= 0.6 is 0 Å². The van der Waals surface area contributed by atoms with Crippen LogP contribution in [0.4, 0.5) is 0 Å². The van der Waals surface area contributed by atoms with E-state index in [9.17, 15) is 13.2 Å². The zero-order valence-electron chi connectivity index (χ0n) is 13.8. The van der Waals surface area contributed by atoms with Crippen LogP contribution in [0.3, 0.4) is 0 Å². The average molecular weight is 336 g/mol. The van der Waals surface area contributed by atoms with Crippen molar-refractivity contribution in [2.75, 3.05) is 7.05 Å². The SMILES string of the molecule is C#CC(CC)(CC)NC(=O)CCc1ccc(S(=O)(=O)NC)cc1. The lowest BCUT2D eigenvalue weighted by molar-refractivity contribution is -0.122. The van der Waals surface area contributed by atoms with E-state index in [2.05, 4.69) is 16.0 Å². The van der Waals surface area contributed by atoms with Crippen LogP contribution in [0.25, 0.3) is 0 Å². The van der Waals surface area contributed by atoms with Crippen LogP contribution in [-0.2, 0) is 21.2 Å². The summed E-state index contributed by atoms with van der Waals surface area (Å²) >= 11 is 0. The lowest BCUT2D eigenvalue weighted by Crippen LogP contribution is -2.46. The Hall–Kier alpha value is -1.84. The standard InChI is InChI=1S/C17H24N2O3S/c1-5-17(6-2,7-3)19-16(20)13-10-14-8-11-15(12-9-14)23(21,22)18-4/h1,8-9,11-12,18H,6-7,10,13H2,2-4H3,(H,19,20). The quantitative estimate of drug-likeness (QED) is 0.711. The summed E-state index contributed by atoms with van der Waals surface area (Å²) in [6.07, 6.45) is 7.73. The van der Waals surface area contributed by atoms with Gasteiger partial charge in [-0.2, -0.15) is 0 Å². The molecule has 1 aromatic rings. The molecule has 0 aliphatic carbocycles. The summed E-state index contributed by atoms with van der Waals surface area (Å²) in [6.45, 7) is 3.90. The molecule has 1 rings (SSSR count). The molecule has 126 valence electrons. The minimum atomic E-state index is -3.43. The van der Waals surface area contributed by atoms with E-state index in [0.717, 1.165) is 5.56 Å². The fourth-order valence-corrected chi connectivity index (χ4v) is 2.94. The molecule has 23 heavy (non-hydrogen) atoms. The maximum absolute atomic E-state index is 12.1. The molecular weight excluding hydrogens is 312 g/mol. The number of nitrogens with one attached hydrogen (secondary N) is 2. The van der Waals surface area contributed by atoms with E-state index in [1.54, 1.807) is 12.1 Å². The largest absolute Gasteiger partial charge is 0.340 e. The van der Waals surface area contributed by atoms with E-state index in [1.165, 1.54) is 19.2 Å². The van der Waals surface area contributed by atoms with Crippen LogP contribution < -0.4 is 10.0 Å². The summed E-state index contributed by atoms with van der Waals surface area (Å²) in [6, 6.07) is 6.49. The maximum atomic E-state index is 12.1. The minimum absolute atomic E-state index is 0.0985. The fourth-order valence-electron chi connectivity index (χ4n) is 2.21. The van der Waals surface area contributed by atoms with Gasteiger partial charge < -0.3 is 5.32 Å². The Labute approximate surface area is 138 Å². The normalized spacial score (nSPS) is 11.7. The smallest absolute Gasteiger partial charge is 0.240 e. The molecule has 5 nitrogen and oxygen atoms in total. The van der Waals surface area contributed by atoms with E-state index >= 15 is 0 Å². The minimum Gasteiger partial charge on any atom is -0.340 e. The van der Waals surface area contributed by atoms with Gasteiger partial charge in [0.1, 0.15) is 5.54 Å². The molecule has 1 amide bonds. The van der Waals surface area contributed by atoms with Crippen molar-refractivity contribution < 1.29 is 13.2 Å². The highest BCUT2D eigenvalue weighted by atomic mass is 32.2. The first-order valence-electron chi connectivity index (χ1n) is 7.63. The lowest BCUT2D eigenvalue weighted by Gasteiger charge is -2.27. The van der Waals surface area contributed by atoms with Crippen molar-refractivity contribution >= 4 is 15.9 Å². The highest BCUT2D eigenvalue weighted by Gasteiger charge is 2.24. The number of hydrogen-bond donors (Lipinski definition) is 2. The predicted molar refractivity (Wildman–Crippen MR) is 91.3 cm³/mol. The molecule has 0 spiro atoms. The first-order chi connectivity index (χ1) is 10.8. The predicted octanol–water partition coefficient (Wildman–Crippen LogP) is 1.84. The molecule has 0 heterocycles. The third-order valence-electron chi connectivity index (χ3n) is 4.01. The number of carbonyl (C=O) groups excluding carboxylic acids is 1. The molecule has 0 aliphatic rings. The number of sulfonamides is 1. The number of amides is 1. The molecule has 2 N–H and O–H groups in total. The summed E-state index contributed by atoms with van der Waals surface area (Å²) in [5, 5.41) is 2.91. The van der Waals surface area contributed by atoms with Crippen molar-refractivity contribution in [3.05, 3.63) is 29.8 Å². The maximum Gasteiger partial charge on any atom is 0.240 e. The zero-order valence-corrected chi connectivity index (χ0v) is 14.7. The van der Waals surface area contributed by atoms with Gasteiger partial charge in [-0.1, -0.05) is 31.9 Å². The second kappa shape index (κ2) is 8.14. The van der Waals surface area contributed by atoms with Crippen molar-refractivity contribution in [1.82, 2.24) is 10.0 Å². The third-order valence-corrected chi connectivity index (χ3v) is 5.44. The monoisotopic (exact) mass is 336 g/mol. The highest BCUT2D eigenvalue weighted by molar-refractivity contribution is 7.89. The molecule has 0 saturated heterocycles. The average Bonchev–Trinajstić information content (AvgIpc) is 2.58. The van der Waals surface area contributed by atoms with Crippen LogP contribution in [0, 0.1) is 12.3 Å². The Morgan fingerprint density at radius 2 is 1.78 bits per heavy atom. The molecule has 0 atom stereocenters. The van der Waals surface area contributed by atoms with E-state index in [1.807, 2.05) is 13.8 Å². The van der Waals surface area contributed by atoms with E-state index in [4.69, 9.17) is 6.42 Å². The van der Waals surface area contributed by atoms with Gasteiger partial charge in [0.15, 0.2) is 0 Å². The number of hydrogen-bond acceptors (Lipinski definition) is 3. The van der Waals surface area contributed by atoms with Gasteiger partial charge in [0, 0.05) is 6.42 Å². The molecular formula is C17H24N2O3S. The second-order valence-electron chi connectivity index (χ2n) is 5.33. The van der Waals surface area contributed by atoms with E-state index in [0.29, 0.717) is 25.7 Å². The Kier molecular flexibility index (Phi) is 6.79. The van der Waals surface area contributed by atoms with Crippen LogP contribution in [0.5, 0.6) is 0 Å². The molecule has 0 radical (unpaired) electrons. The van der Waals surface area contributed by atoms with Crippen molar-refractivity contribution in [3.8, 4) is 12.3 Å². The number of benzene rings is 1. The number of rotatable bonds is 8. The first-order valence-corrected chi connectivity index (χ1v) is 9.12. The molecule has 6 heteroatoms. The van der Waals surface area contributed by atoms with E-state index < -0.39 is 15.6 Å². The van der Waals surface area contributed by atoms with Gasteiger partial charge in [-0.15, -0.1) is 6.42 Å². The topological polar surface area (TPSA) is 75.3 Å². The Morgan fingerprint density at radius 3 is 2.22 bits per heavy atom. The zero-order chi connectivity index (χ0) is 17.5. The van der Waals surface area contributed by atoms with E-state index in [-0.39, 0.29) is 10.8 Å². The molecule has 0 fully saturated rings. The van der Waals surface area contributed by atoms with Gasteiger partial charge in [0.2, 0.25) is 15.9 Å². The Bertz CT molecular complexity index is 669. The Morgan fingerprint density at radius 1 is 1.22 bits per heavy atom. The van der Waals surface area contributed by atoms with Gasteiger partial charge in [-0.3, -0.25) is 4.79 Å². The molecule has 0 aliphatic heterocycles. The van der Waals surface area contributed by atoms with Gasteiger partial charge >= 0.3 is 0 Å². The van der Waals surface area contributed by atoms with Crippen molar-refractivity contribution in [1.29, 1.82) is 0 Å². The van der Waals surface area contributed by atoms with Gasteiger partial charge in [-0.25, -0.2) is 13.1 Å². The van der Waals surface area contributed by atoms with Crippen molar-refractivity contribution in [2.24, 2.45) is 0 Å². The number of carbonyl (C=O) groups is 1. The summed E-state index contributed by atoms with van der Waals surface area (Å²) in [5.74, 6) is 2.57. The highest BCUT2D eigenvalue weighted by Crippen LogP contribution is 2.15. The first kappa shape index (κ1) is 19.2. The molecule has 0 aromatic heterocycles. The van der Waals surface area contributed by atoms with Crippen molar-refractivity contribution in [3.63, 3.8) is 0 Å². The molecule has 1 aromatic carbocycles.